The summed E-state index contributed by atoms with van der Waals surface area (Å²) in [5.41, 5.74) is 0.598. The molecule has 7 nitrogen and oxygen atoms in total. The lowest BCUT2D eigenvalue weighted by molar-refractivity contribution is -0.192. The number of carboxylic acids is 1. The minimum atomic E-state index is -5.08. The topological polar surface area (TPSA) is 96.7 Å². The van der Waals surface area contributed by atoms with Crippen molar-refractivity contribution < 1.29 is 27.9 Å². The highest BCUT2D eigenvalue weighted by Crippen LogP contribution is 2.24. The molecule has 0 bridgehead atoms. The fourth-order valence-corrected chi connectivity index (χ4v) is 2.75. The molecule has 2 atom stereocenters. The zero-order valence-electron chi connectivity index (χ0n) is 14.0. The van der Waals surface area contributed by atoms with Gasteiger partial charge in [-0.05, 0) is 20.3 Å². The zero-order chi connectivity index (χ0) is 19.2. The molecule has 2 N–H and O–H groups in total. The van der Waals surface area contributed by atoms with Crippen LogP contribution in [0, 0.1) is 11.3 Å². The molecule has 0 aromatic carbocycles. The first-order valence-electron chi connectivity index (χ1n) is 7.78. The molecule has 2 fully saturated rings. The number of carboxylic acid groups (broad SMARTS) is 1. The molecule has 0 aromatic heterocycles. The number of hydrogen-bond donors (Lipinski definition) is 2. The molecule has 2 aliphatic heterocycles. The summed E-state index contributed by atoms with van der Waals surface area (Å²) in [5, 5.41) is 19.8. The third kappa shape index (κ3) is 5.83. The van der Waals surface area contributed by atoms with E-state index in [0.29, 0.717) is 18.0 Å². The van der Waals surface area contributed by atoms with Gasteiger partial charge in [-0.1, -0.05) is 0 Å². The van der Waals surface area contributed by atoms with E-state index in [9.17, 15) is 23.2 Å². The number of nitrogens with one attached hydrogen (secondary N) is 1. The Kier molecular flexibility index (Phi) is 7.58. The lowest BCUT2D eigenvalue weighted by atomic mass is 10.1. The van der Waals surface area contributed by atoms with E-state index in [0.717, 1.165) is 26.2 Å². The maximum Gasteiger partial charge on any atom is 0.490 e. The van der Waals surface area contributed by atoms with Crippen molar-refractivity contribution in [3.05, 3.63) is 5.57 Å². The highest BCUT2D eigenvalue weighted by atomic mass is 19.4. The van der Waals surface area contributed by atoms with Gasteiger partial charge in [0.1, 0.15) is 12.0 Å². The number of rotatable bonds is 2. The van der Waals surface area contributed by atoms with E-state index >= 15 is 0 Å². The van der Waals surface area contributed by atoms with Crippen LogP contribution in [0.5, 0.6) is 0 Å². The van der Waals surface area contributed by atoms with Crippen LogP contribution in [0.25, 0.3) is 0 Å². The number of nitriles is 1. The second-order valence-corrected chi connectivity index (χ2v) is 6.01. The number of piperazine rings is 1. The summed E-state index contributed by atoms with van der Waals surface area (Å²) in [6, 6.07) is 2.34. The first-order valence-corrected chi connectivity index (χ1v) is 7.78. The Bertz CT molecular complexity index is 567. The monoisotopic (exact) mass is 362 g/mol. The molecule has 0 radical (unpaired) electrons. The third-order valence-corrected chi connectivity index (χ3v) is 4.11. The molecule has 10 heteroatoms. The van der Waals surface area contributed by atoms with Gasteiger partial charge >= 0.3 is 12.1 Å². The van der Waals surface area contributed by atoms with Gasteiger partial charge in [0.15, 0.2) is 0 Å². The Labute approximate surface area is 143 Å². The number of hydrogen-bond acceptors (Lipinski definition) is 6. The molecule has 0 amide bonds. The van der Waals surface area contributed by atoms with Gasteiger partial charge in [-0.25, -0.2) is 9.59 Å². The fourth-order valence-electron chi connectivity index (χ4n) is 2.75. The Morgan fingerprint density at radius 3 is 2.44 bits per heavy atom. The molecule has 0 aromatic rings. The van der Waals surface area contributed by atoms with E-state index in [1.54, 1.807) is 0 Å². The van der Waals surface area contributed by atoms with Crippen molar-refractivity contribution in [3.8, 4) is 6.07 Å². The predicted octanol–water partition coefficient (Wildman–Crippen LogP) is 0.615. The fraction of sp³-hybridized carbons (Fsp3) is 0.733. The molecule has 2 unspecified atom stereocenters. The van der Waals surface area contributed by atoms with Gasteiger partial charge in [-0.3, -0.25) is 15.1 Å². The largest absolute Gasteiger partial charge is 0.490 e. The van der Waals surface area contributed by atoms with Crippen LogP contribution in [0.2, 0.25) is 0 Å². The van der Waals surface area contributed by atoms with Crippen molar-refractivity contribution in [1.82, 2.24) is 15.1 Å². The second kappa shape index (κ2) is 8.97. The third-order valence-electron chi connectivity index (χ3n) is 4.11. The van der Waals surface area contributed by atoms with Gasteiger partial charge < -0.3 is 5.11 Å². The molecule has 140 valence electrons. The maximum absolute atomic E-state index is 10.8. The van der Waals surface area contributed by atoms with Gasteiger partial charge in [0.2, 0.25) is 0 Å². The molecule has 0 saturated carbocycles. The molecule has 2 rings (SSSR count). The normalized spacial score (nSPS) is 25.1. The van der Waals surface area contributed by atoms with Crippen LogP contribution in [0.15, 0.2) is 5.57 Å². The van der Waals surface area contributed by atoms with Crippen LogP contribution in [-0.2, 0) is 9.59 Å². The quantitative estimate of drug-likeness (QED) is 0.695. The highest BCUT2D eigenvalue weighted by molar-refractivity contribution is 5.73. The number of carbonyl (C=O) groups is 1. The summed E-state index contributed by atoms with van der Waals surface area (Å²) in [5.74, 6) is -0.828. The number of alkyl halides is 3. The number of likely N-dealkylation sites (tertiary alicyclic amines) is 1. The Morgan fingerprint density at radius 2 is 2.00 bits per heavy atom. The van der Waals surface area contributed by atoms with Crippen LogP contribution in [0.1, 0.15) is 20.3 Å². The first-order chi connectivity index (χ1) is 11.6. The van der Waals surface area contributed by atoms with Crippen LogP contribution in [0.4, 0.5) is 13.2 Å². The SMILES string of the molecule is CC(C)N1CCNC(N2CCC(=C=O)C2C#N)C1.O=C(O)C(F)(F)F. The minimum Gasteiger partial charge on any atom is -0.475 e. The highest BCUT2D eigenvalue weighted by Gasteiger charge is 2.38. The number of nitrogens with zero attached hydrogens (tertiary/aromatic N) is 3. The Balaban J connectivity index is 0.000000381. The zero-order valence-corrected chi connectivity index (χ0v) is 14.0. The van der Waals surface area contributed by atoms with Crippen LogP contribution < -0.4 is 5.32 Å². The summed E-state index contributed by atoms with van der Waals surface area (Å²) < 4.78 is 31.7. The summed E-state index contributed by atoms with van der Waals surface area (Å²) in [7, 11) is 0. The molecule has 2 heterocycles. The van der Waals surface area contributed by atoms with Gasteiger partial charge in [-0.15, -0.1) is 0 Å². The van der Waals surface area contributed by atoms with E-state index in [4.69, 9.17) is 9.90 Å². The smallest absolute Gasteiger partial charge is 0.475 e. The number of halogens is 3. The average molecular weight is 362 g/mol. The van der Waals surface area contributed by atoms with Gasteiger partial charge in [0, 0.05) is 37.8 Å². The van der Waals surface area contributed by atoms with Crippen molar-refractivity contribution in [2.45, 2.75) is 44.7 Å². The standard InChI is InChI=1S/C13H20N4O.C2HF3O2/c1-10(2)16-6-4-15-13(8-16)17-5-3-11(9-18)12(17)7-14;3-2(4,5)1(6)7/h10,12-13,15H,3-6,8H2,1-2H3;(H,6,7). The van der Waals surface area contributed by atoms with E-state index in [1.807, 2.05) is 5.94 Å². The minimum absolute atomic E-state index is 0.164. The number of carbonyl (C=O) groups excluding carboxylic acids is 1. The summed E-state index contributed by atoms with van der Waals surface area (Å²) in [6.07, 6.45) is -4.25. The van der Waals surface area contributed by atoms with Crippen LogP contribution >= 0.6 is 0 Å². The first kappa shape index (κ1) is 21.1. The van der Waals surface area contributed by atoms with Gasteiger partial charge in [0.05, 0.1) is 12.2 Å². The van der Waals surface area contributed by atoms with Gasteiger partial charge in [0.25, 0.3) is 0 Å². The van der Waals surface area contributed by atoms with E-state index in [1.165, 1.54) is 0 Å². The molecule has 2 saturated heterocycles. The second-order valence-electron chi connectivity index (χ2n) is 6.01. The van der Waals surface area contributed by atoms with Crippen molar-refractivity contribution in [2.24, 2.45) is 0 Å². The van der Waals surface area contributed by atoms with Gasteiger partial charge in [-0.2, -0.15) is 18.4 Å². The van der Waals surface area contributed by atoms with Crippen molar-refractivity contribution >= 4 is 11.9 Å². The Morgan fingerprint density at radius 1 is 1.40 bits per heavy atom. The summed E-state index contributed by atoms with van der Waals surface area (Å²) >= 11 is 0. The van der Waals surface area contributed by atoms with Crippen LogP contribution in [-0.4, -0.2) is 77.4 Å². The maximum atomic E-state index is 10.8. The number of aliphatic carboxylic acids is 1. The van der Waals surface area contributed by atoms with Crippen LogP contribution in [0.3, 0.4) is 0 Å². The average Bonchev–Trinajstić information content (AvgIpc) is 2.97. The predicted molar refractivity (Wildman–Crippen MR) is 82.1 cm³/mol. The molecule has 2 aliphatic rings. The molecule has 0 aliphatic carbocycles. The molecular formula is C15H21F3N4O3. The van der Waals surface area contributed by atoms with Crippen molar-refractivity contribution in [3.63, 3.8) is 0 Å². The lowest BCUT2D eigenvalue weighted by Gasteiger charge is -2.41. The summed E-state index contributed by atoms with van der Waals surface area (Å²) in [4.78, 5) is 24.2. The molecule has 25 heavy (non-hydrogen) atoms. The molecular weight excluding hydrogens is 341 g/mol. The summed E-state index contributed by atoms with van der Waals surface area (Å²) in [6.45, 7) is 8.01. The lowest BCUT2D eigenvalue weighted by Crippen LogP contribution is -2.60. The Hall–Kier alpha value is -1.92. The van der Waals surface area contributed by atoms with Crippen molar-refractivity contribution in [1.29, 1.82) is 5.26 Å². The van der Waals surface area contributed by atoms with E-state index in [-0.39, 0.29) is 6.17 Å². The molecule has 0 spiro atoms. The van der Waals surface area contributed by atoms with E-state index in [2.05, 4.69) is 35.0 Å². The van der Waals surface area contributed by atoms with E-state index < -0.39 is 18.2 Å². The van der Waals surface area contributed by atoms with Crippen molar-refractivity contribution in [2.75, 3.05) is 26.2 Å².